The molecule has 0 radical (unpaired) electrons. The lowest BCUT2D eigenvalue weighted by Crippen LogP contribution is -2.18. The average molecular weight is 357 g/mol. The maximum atomic E-state index is 6.16. The molecule has 2 rings (SSSR count). The van der Waals surface area contributed by atoms with E-state index in [0.29, 0.717) is 17.3 Å². The molecule has 106 valence electrons. The van der Waals surface area contributed by atoms with Crippen LogP contribution in [0.5, 0.6) is 11.5 Å². The van der Waals surface area contributed by atoms with Crippen molar-refractivity contribution < 1.29 is 9.47 Å². The minimum atomic E-state index is -0.274. The highest BCUT2D eigenvalue weighted by Gasteiger charge is 2.14. The normalized spacial score (nSPS) is 12.0. The summed E-state index contributed by atoms with van der Waals surface area (Å²) in [6.45, 7) is 0.347. The number of rotatable bonds is 5. The minimum Gasteiger partial charge on any atom is -0.497 e. The van der Waals surface area contributed by atoms with Gasteiger partial charge in [-0.25, -0.2) is 0 Å². The third-order valence-electron chi connectivity index (χ3n) is 2.84. The quantitative estimate of drug-likeness (QED) is 0.873. The molecule has 0 saturated carbocycles. The summed E-state index contributed by atoms with van der Waals surface area (Å²) in [6.07, 6.45) is -0.274. The number of hydrogen-bond donors (Lipinski definition) is 1. The number of methoxy groups -OCH3 is 1. The van der Waals surface area contributed by atoms with Crippen LogP contribution in [0, 0.1) is 0 Å². The molecule has 0 aliphatic carbocycles. The van der Waals surface area contributed by atoms with Crippen LogP contribution in [0.1, 0.15) is 11.7 Å². The largest absolute Gasteiger partial charge is 0.497 e. The zero-order valence-corrected chi connectivity index (χ0v) is 13.3. The molecule has 0 aliphatic rings. The highest BCUT2D eigenvalue weighted by Crippen LogP contribution is 2.31. The summed E-state index contributed by atoms with van der Waals surface area (Å²) in [4.78, 5) is 0. The molecular weight excluding hydrogens is 342 g/mol. The highest BCUT2D eigenvalue weighted by molar-refractivity contribution is 9.10. The Morgan fingerprint density at radius 1 is 1.25 bits per heavy atom. The average Bonchev–Trinajstić information content (AvgIpc) is 2.46. The maximum Gasteiger partial charge on any atom is 0.138 e. The van der Waals surface area contributed by atoms with Crippen LogP contribution in [0.2, 0.25) is 5.02 Å². The van der Waals surface area contributed by atoms with Crippen molar-refractivity contribution in [2.75, 3.05) is 13.7 Å². The van der Waals surface area contributed by atoms with E-state index in [0.717, 1.165) is 15.8 Å². The van der Waals surface area contributed by atoms with Crippen molar-refractivity contribution in [3.05, 3.63) is 57.5 Å². The monoisotopic (exact) mass is 355 g/mol. The predicted molar refractivity (Wildman–Crippen MR) is 84.6 cm³/mol. The minimum absolute atomic E-state index is 0.274. The molecule has 0 aliphatic heterocycles. The first kappa shape index (κ1) is 15.2. The molecule has 0 bridgehead atoms. The van der Waals surface area contributed by atoms with Gasteiger partial charge < -0.3 is 15.2 Å². The van der Waals surface area contributed by atoms with Gasteiger partial charge in [-0.05, 0) is 35.9 Å². The van der Waals surface area contributed by atoms with Gasteiger partial charge in [0.25, 0.3) is 0 Å². The Kier molecular flexibility index (Phi) is 5.29. The standard InChI is InChI=1S/C15H15BrClNO2/c1-19-12-4-2-3-10(7-12)15(9-18)20-14-6-5-11(16)8-13(14)17/h2-8,15H,9,18H2,1H3. The molecule has 1 unspecified atom stereocenters. The topological polar surface area (TPSA) is 44.5 Å². The number of benzene rings is 2. The van der Waals surface area contributed by atoms with Crippen molar-refractivity contribution >= 4 is 27.5 Å². The number of hydrogen-bond acceptors (Lipinski definition) is 3. The molecule has 0 spiro atoms. The summed E-state index contributed by atoms with van der Waals surface area (Å²) in [6, 6.07) is 13.1. The van der Waals surface area contributed by atoms with Gasteiger partial charge in [-0.2, -0.15) is 0 Å². The van der Waals surface area contributed by atoms with Crippen molar-refractivity contribution in [1.82, 2.24) is 0 Å². The number of nitrogens with two attached hydrogens (primary N) is 1. The zero-order valence-electron chi connectivity index (χ0n) is 11.0. The second-order valence-corrected chi connectivity index (χ2v) is 5.52. The summed E-state index contributed by atoms with van der Waals surface area (Å²) < 4.78 is 12.0. The van der Waals surface area contributed by atoms with Crippen LogP contribution in [0.15, 0.2) is 46.9 Å². The first-order valence-electron chi connectivity index (χ1n) is 6.09. The Morgan fingerprint density at radius 3 is 2.70 bits per heavy atom. The SMILES string of the molecule is COc1cccc(C(CN)Oc2ccc(Br)cc2Cl)c1. The molecule has 1 atom stereocenters. The molecule has 5 heteroatoms. The van der Waals surface area contributed by atoms with E-state index in [-0.39, 0.29) is 6.10 Å². The van der Waals surface area contributed by atoms with Crippen LogP contribution < -0.4 is 15.2 Å². The Morgan fingerprint density at radius 2 is 2.05 bits per heavy atom. The van der Waals surface area contributed by atoms with Gasteiger partial charge in [0.05, 0.1) is 12.1 Å². The lowest BCUT2D eigenvalue weighted by Gasteiger charge is -2.19. The van der Waals surface area contributed by atoms with Gasteiger partial charge in [0.1, 0.15) is 17.6 Å². The van der Waals surface area contributed by atoms with Crippen molar-refractivity contribution in [1.29, 1.82) is 0 Å². The molecule has 0 fully saturated rings. The Balaban J connectivity index is 2.23. The number of ether oxygens (including phenoxy) is 2. The highest BCUT2D eigenvalue weighted by atomic mass is 79.9. The molecule has 2 N–H and O–H groups in total. The molecule has 20 heavy (non-hydrogen) atoms. The molecule has 0 aromatic heterocycles. The molecular formula is C15H15BrClNO2. The summed E-state index contributed by atoms with van der Waals surface area (Å²) in [5.74, 6) is 1.37. The fraction of sp³-hybridized carbons (Fsp3) is 0.200. The van der Waals surface area contributed by atoms with Crippen LogP contribution in [0.3, 0.4) is 0 Å². The van der Waals surface area contributed by atoms with E-state index >= 15 is 0 Å². The smallest absolute Gasteiger partial charge is 0.138 e. The van der Waals surface area contributed by atoms with Crippen molar-refractivity contribution in [2.45, 2.75) is 6.10 Å². The first-order chi connectivity index (χ1) is 9.63. The summed E-state index contributed by atoms with van der Waals surface area (Å²) in [7, 11) is 1.63. The van der Waals surface area contributed by atoms with Gasteiger partial charge in [-0.1, -0.05) is 39.7 Å². The summed E-state index contributed by atoms with van der Waals surface area (Å²) >= 11 is 9.52. The summed E-state index contributed by atoms with van der Waals surface area (Å²) in [5.41, 5.74) is 6.76. The zero-order chi connectivity index (χ0) is 14.5. The molecule has 3 nitrogen and oxygen atoms in total. The molecule has 0 amide bonds. The molecule has 2 aromatic rings. The van der Waals surface area contributed by atoms with Gasteiger partial charge in [0, 0.05) is 11.0 Å². The lowest BCUT2D eigenvalue weighted by atomic mass is 10.1. The number of halogens is 2. The van der Waals surface area contributed by atoms with Crippen molar-refractivity contribution in [3.63, 3.8) is 0 Å². The van der Waals surface area contributed by atoms with E-state index in [2.05, 4.69) is 15.9 Å². The second kappa shape index (κ2) is 6.97. The third kappa shape index (κ3) is 3.66. The fourth-order valence-electron chi connectivity index (χ4n) is 1.82. The van der Waals surface area contributed by atoms with Crippen LogP contribution >= 0.6 is 27.5 Å². The van der Waals surface area contributed by atoms with E-state index in [9.17, 15) is 0 Å². The van der Waals surface area contributed by atoms with Crippen LogP contribution in [0.4, 0.5) is 0 Å². The molecule has 0 saturated heterocycles. The van der Waals surface area contributed by atoms with Crippen molar-refractivity contribution in [2.24, 2.45) is 5.73 Å². The van der Waals surface area contributed by atoms with E-state index < -0.39 is 0 Å². The van der Waals surface area contributed by atoms with Gasteiger partial charge in [-0.15, -0.1) is 0 Å². The van der Waals surface area contributed by atoms with Crippen LogP contribution in [-0.2, 0) is 0 Å². The van der Waals surface area contributed by atoms with Gasteiger partial charge in [-0.3, -0.25) is 0 Å². The first-order valence-corrected chi connectivity index (χ1v) is 7.27. The van der Waals surface area contributed by atoms with Gasteiger partial charge in [0.15, 0.2) is 0 Å². The maximum absolute atomic E-state index is 6.16. The lowest BCUT2D eigenvalue weighted by molar-refractivity contribution is 0.214. The van der Waals surface area contributed by atoms with Crippen molar-refractivity contribution in [3.8, 4) is 11.5 Å². The van der Waals surface area contributed by atoms with E-state index in [1.165, 1.54) is 0 Å². The molecule has 0 heterocycles. The molecule has 2 aromatic carbocycles. The third-order valence-corrected chi connectivity index (χ3v) is 3.63. The fourth-order valence-corrected chi connectivity index (χ4v) is 2.54. The summed E-state index contributed by atoms with van der Waals surface area (Å²) in [5, 5.41) is 0.542. The van der Waals surface area contributed by atoms with E-state index in [1.54, 1.807) is 13.2 Å². The Hall–Kier alpha value is -1.23. The van der Waals surface area contributed by atoms with Crippen LogP contribution in [-0.4, -0.2) is 13.7 Å². The van der Waals surface area contributed by atoms with E-state index in [1.807, 2.05) is 36.4 Å². The van der Waals surface area contributed by atoms with E-state index in [4.69, 9.17) is 26.8 Å². The predicted octanol–water partition coefficient (Wildman–Crippen LogP) is 4.19. The second-order valence-electron chi connectivity index (χ2n) is 4.19. The Labute approximate surface area is 131 Å². The van der Waals surface area contributed by atoms with Gasteiger partial charge in [0.2, 0.25) is 0 Å². The Bertz CT molecular complexity index is 592. The van der Waals surface area contributed by atoms with Crippen LogP contribution in [0.25, 0.3) is 0 Å². The van der Waals surface area contributed by atoms with Gasteiger partial charge >= 0.3 is 0 Å².